The highest BCUT2D eigenvalue weighted by molar-refractivity contribution is 7.80. The number of rotatable bonds is 12. The summed E-state index contributed by atoms with van der Waals surface area (Å²) in [7, 11) is 1.28. The van der Waals surface area contributed by atoms with E-state index in [1.165, 1.54) is 36.1 Å². The van der Waals surface area contributed by atoms with Crippen LogP contribution in [0.1, 0.15) is 38.3 Å². The Morgan fingerprint density at radius 2 is 1.59 bits per heavy atom. The number of hydrogen-bond donors (Lipinski definition) is 4. The normalized spacial score (nSPS) is 12.3. The van der Waals surface area contributed by atoms with Gasteiger partial charge in [-0.3, -0.25) is 19.7 Å². The minimum absolute atomic E-state index is 0.0102. The monoisotopic (exact) mass is 573 g/mol. The molecule has 3 aromatic carbocycles. The summed E-state index contributed by atoms with van der Waals surface area (Å²) in [6, 6.07) is 21.9. The van der Waals surface area contributed by atoms with Gasteiger partial charge in [0.15, 0.2) is 0 Å². The van der Waals surface area contributed by atoms with Gasteiger partial charge < -0.3 is 15.2 Å². The number of thiol groups is 1. The molecule has 0 spiro atoms. The number of benzene rings is 3. The SMILES string of the molecule is COC(=O)c1ccc(C(=O)Nn2cc(C[C@H](NC(=O)C(CS)CCc3ccccc3)C(=O)O)c3ccccc32)cc1. The molecule has 1 heterocycles. The van der Waals surface area contributed by atoms with Gasteiger partial charge in [0.1, 0.15) is 6.04 Å². The largest absolute Gasteiger partial charge is 0.480 e. The van der Waals surface area contributed by atoms with E-state index in [0.717, 1.165) is 10.9 Å². The van der Waals surface area contributed by atoms with Crippen LogP contribution in [0, 0.1) is 5.92 Å². The first kappa shape index (κ1) is 29.4. The number of nitrogens with one attached hydrogen (secondary N) is 2. The summed E-state index contributed by atoms with van der Waals surface area (Å²) in [4.78, 5) is 49.9. The molecule has 4 rings (SSSR count). The second kappa shape index (κ2) is 13.7. The number of amides is 2. The number of carboxylic acids is 1. The van der Waals surface area contributed by atoms with Crippen LogP contribution < -0.4 is 10.7 Å². The van der Waals surface area contributed by atoms with E-state index in [2.05, 4.69) is 28.1 Å². The van der Waals surface area contributed by atoms with Crippen molar-refractivity contribution in [1.29, 1.82) is 0 Å². The Balaban J connectivity index is 1.49. The van der Waals surface area contributed by atoms with Crippen molar-refractivity contribution in [2.24, 2.45) is 5.92 Å². The third-order valence-electron chi connectivity index (χ3n) is 6.84. The number of hydrogen-bond acceptors (Lipinski definition) is 6. The number of ether oxygens (including phenoxy) is 1. The number of carbonyl (C=O) groups is 4. The zero-order valence-electron chi connectivity index (χ0n) is 22.4. The number of aryl methyl sites for hydroxylation is 1. The molecule has 0 aliphatic heterocycles. The molecule has 41 heavy (non-hydrogen) atoms. The van der Waals surface area contributed by atoms with E-state index in [4.69, 9.17) is 0 Å². The number of esters is 1. The van der Waals surface area contributed by atoms with Crippen LogP contribution in [0.5, 0.6) is 0 Å². The van der Waals surface area contributed by atoms with Crippen LogP contribution in [-0.2, 0) is 27.2 Å². The lowest BCUT2D eigenvalue weighted by molar-refractivity contribution is -0.142. The van der Waals surface area contributed by atoms with Crippen molar-refractivity contribution >= 4 is 47.3 Å². The van der Waals surface area contributed by atoms with Gasteiger partial charge in [-0.15, -0.1) is 0 Å². The van der Waals surface area contributed by atoms with Crippen LogP contribution in [0.3, 0.4) is 0 Å². The van der Waals surface area contributed by atoms with Gasteiger partial charge >= 0.3 is 11.9 Å². The second-order valence-electron chi connectivity index (χ2n) is 9.56. The average Bonchev–Trinajstić information content (AvgIpc) is 3.33. The minimum Gasteiger partial charge on any atom is -0.480 e. The standard InChI is InChI=1S/C31H31N3O6S/c1-40-31(39)22-15-13-21(14-16-22)29(36)33-34-18-24(25-9-5-6-10-27(25)34)17-26(30(37)38)32-28(35)23(19-41)12-11-20-7-3-2-4-8-20/h2-10,13-16,18,23,26,41H,11-12,17,19H2,1H3,(H,32,35)(H,33,36)(H,37,38)/t23?,26-/m0/s1. The molecule has 4 aromatic rings. The number of nitrogens with zero attached hydrogens (tertiary/aromatic N) is 1. The highest BCUT2D eigenvalue weighted by Gasteiger charge is 2.26. The van der Waals surface area contributed by atoms with Crippen molar-refractivity contribution in [3.63, 3.8) is 0 Å². The van der Waals surface area contributed by atoms with Crippen LogP contribution in [0.25, 0.3) is 10.9 Å². The van der Waals surface area contributed by atoms with Crippen molar-refractivity contribution in [3.05, 3.63) is 107 Å². The Hall–Kier alpha value is -4.57. The topological polar surface area (TPSA) is 127 Å². The molecule has 3 N–H and O–H groups in total. The lowest BCUT2D eigenvalue weighted by Gasteiger charge is -2.19. The van der Waals surface area contributed by atoms with Crippen molar-refractivity contribution in [1.82, 2.24) is 9.99 Å². The molecule has 0 bridgehead atoms. The van der Waals surface area contributed by atoms with Crippen LogP contribution in [0.4, 0.5) is 0 Å². The van der Waals surface area contributed by atoms with Gasteiger partial charge in [0.25, 0.3) is 5.91 Å². The molecule has 212 valence electrons. The van der Waals surface area contributed by atoms with Gasteiger partial charge in [0.2, 0.25) is 5.91 Å². The molecule has 0 radical (unpaired) electrons. The molecule has 0 aliphatic carbocycles. The van der Waals surface area contributed by atoms with Gasteiger partial charge in [0, 0.05) is 35.2 Å². The maximum absolute atomic E-state index is 13.0. The molecule has 2 atom stereocenters. The lowest BCUT2D eigenvalue weighted by atomic mass is 9.99. The lowest BCUT2D eigenvalue weighted by Crippen LogP contribution is -2.45. The predicted molar refractivity (Wildman–Crippen MR) is 159 cm³/mol. The van der Waals surface area contributed by atoms with Crippen LogP contribution in [0.15, 0.2) is 85.1 Å². The van der Waals surface area contributed by atoms with Gasteiger partial charge in [-0.2, -0.15) is 12.6 Å². The van der Waals surface area contributed by atoms with E-state index in [-0.39, 0.29) is 18.1 Å². The zero-order valence-corrected chi connectivity index (χ0v) is 23.3. The molecule has 1 aromatic heterocycles. The van der Waals surface area contributed by atoms with Gasteiger partial charge in [0.05, 0.1) is 18.2 Å². The molecular weight excluding hydrogens is 542 g/mol. The zero-order chi connectivity index (χ0) is 29.4. The fourth-order valence-electron chi connectivity index (χ4n) is 4.56. The van der Waals surface area contributed by atoms with Crippen molar-refractivity contribution in [3.8, 4) is 0 Å². The molecule has 10 heteroatoms. The molecule has 0 saturated carbocycles. The first-order valence-corrected chi connectivity index (χ1v) is 13.7. The van der Waals surface area contributed by atoms with Crippen molar-refractivity contribution in [2.45, 2.75) is 25.3 Å². The Bertz CT molecular complexity index is 1530. The summed E-state index contributed by atoms with van der Waals surface area (Å²) in [6.45, 7) is 0. The van der Waals surface area contributed by atoms with E-state index in [1.54, 1.807) is 18.3 Å². The number of carboxylic acid groups (broad SMARTS) is 1. The molecule has 2 amide bonds. The predicted octanol–water partition coefficient (Wildman–Crippen LogP) is 4.10. The number of aromatic nitrogens is 1. The van der Waals surface area contributed by atoms with E-state index < -0.39 is 29.8 Å². The minimum atomic E-state index is -1.18. The summed E-state index contributed by atoms with van der Waals surface area (Å²) in [6.07, 6.45) is 2.88. The quantitative estimate of drug-likeness (QED) is 0.149. The molecule has 0 aliphatic rings. The summed E-state index contributed by atoms with van der Waals surface area (Å²) in [5.74, 6) is -2.62. The Labute approximate surface area is 242 Å². The highest BCUT2D eigenvalue weighted by atomic mass is 32.1. The molecular formula is C31H31N3O6S. The van der Waals surface area contributed by atoms with E-state index in [1.807, 2.05) is 42.5 Å². The third kappa shape index (κ3) is 7.34. The van der Waals surface area contributed by atoms with Crippen molar-refractivity contribution < 1.29 is 29.0 Å². The third-order valence-corrected chi connectivity index (χ3v) is 7.28. The fourth-order valence-corrected chi connectivity index (χ4v) is 4.90. The van der Waals surface area contributed by atoms with Gasteiger partial charge in [-0.1, -0.05) is 48.5 Å². The maximum atomic E-state index is 13.0. The van der Waals surface area contributed by atoms with Crippen LogP contribution in [0.2, 0.25) is 0 Å². The van der Waals surface area contributed by atoms with E-state index in [9.17, 15) is 24.3 Å². The Morgan fingerprint density at radius 1 is 0.927 bits per heavy atom. The first-order valence-electron chi connectivity index (χ1n) is 13.1. The highest BCUT2D eigenvalue weighted by Crippen LogP contribution is 2.23. The van der Waals surface area contributed by atoms with Gasteiger partial charge in [-0.05, 0) is 54.3 Å². The average molecular weight is 574 g/mol. The molecule has 9 nitrogen and oxygen atoms in total. The summed E-state index contributed by atoms with van der Waals surface area (Å²) in [5, 5.41) is 13.4. The van der Waals surface area contributed by atoms with E-state index >= 15 is 0 Å². The summed E-state index contributed by atoms with van der Waals surface area (Å²) >= 11 is 4.33. The number of methoxy groups -OCH3 is 1. The summed E-state index contributed by atoms with van der Waals surface area (Å²) < 4.78 is 6.22. The first-order chi connectivity index (χ1) is 19.8. The van der Waals surface area contributed by atoms with E-state index in [0.29, 0.717) is 35.0 Å². The van der Waals surface area contributed by atoms with Crippen LogP contribution in [-0.4, -0.2) is 52.4 Å². The maximum Gasteiger partial charge on any atom is 0.337 e. The number of aliphatic carboxylic acids is 1. The number of carbonyl (C=O) groups excluding carboxylic acids is 3. The Kier molecular flexibility index (Phi) is 9.81. The second-order valence-corrected chi connectivity index (χ2v) is 9.92. The Morgan fingerprint density at radius 3 is 2.24 bits per heavy atom. The fraction of sp³-hybridized carbons (Fsp3) is 0.226. The van der Waals surface area contributed by atoms with Crippen LogP contribution >= 0.6 is 12.6 Å². The molecule has 0 saturated heterocycles. The van der Waals surface area contributed by atoms with Crippen molar-refractivity contribution in [2.75, 3.05) is 18.3 Å². The number of fused-ring (bicyclic) bond motifs is 1. The van der Waals surface area contributed by atoms with Gasteiger partial charge in [-0.25, -0.2) is 9.59 Å². The smallest absolute Gasteiger partial charge is 0.337 e. The molecule has 1 unspecified atom stereocenters. The summed E-state index contributed by atoms with van der Waals surface area (Å²) in [5.41, 5.74) is 5.84. The molecule has 0 fully saturated rings. The number of para-hydroxylation sites is 1.